The maximum absolute atomic E-state index is 12.6. The molecule has 2 atom stereocenters. The second-order valence-corrected chi connectivity index (χ2v) is 7.59. The minimum atomic E-state index is -0.420. The van der Waals surface area contributed by atoms with Crippen molar-refractivity contribution in [3.8, 4) is 0 Å². The minimum Gasteiger partial charge on any atom is -0.369 e. The molecule has 2 saturated heterocycles. The molecule has 0 aliphatic carbocycles. The van der Waals surface area contributed by atoms with E-state index in [0.717, 1.165) is 64.0 Å². The highest BCUT2D eigenvalue weighted by atomic mass is 35.5. The van der Waals surface area contributed by atoms with E-state index in [1.165, 1.54) is 5.56 Å². The van der Waals surface area contributed by atoms with Crippen LogP contribution >= 0.6 is 24.8 Å². The fourth-order valence-electron chi connectivity index (χ4n) is 4.10. The molecule has 1 aromatic rings. The van der Waals surface area contributed by atoms with Gasteiger partial charge in [0.25, 0.3) is 0 Å². The summed E-state index contributed by atoms with van der Waals surface area (Å²) in [5.74, 6) is -0.171. The molecule has 158 valence electrons. The first-order valence-electron chi connectivity index (χ1n) is 9.69. The van der Waals surface area contributed by atoms with Gasteiger partial charge in [-0.2, -0.15) is 0 Å². The molecule has 0 radical (unpaired) electrons. The number of hydrogen-bond donors (Lipinski definition) is 3. The molecule has 4 N–H and O–H groups in total. The van der Waals surface area contributed by atoms with Gasteiger partial charge in [-0.25, -0.2) is 0 Å². The molecule has 0 saturated carbocycles. The highest BCUT2D eigenvalue weighted by Crippen LogP contribution is 2.25. The number of rotatable bonds is 6. The van der Waals surface area contributed by atoms with Gasteiger partial charge in [-0.3, -0.25) is 14.5 Å². The summed E-state index contributed by atoms with van der Waals surface area (Å²) in [6.07, 6.45) is 4.64. The second-order valence-electron chi connectivity index (χ2n) is 7.59. The molecule has 28 heavy (non-hydrogen) atoms. The molecule has 0 aromatic heterocycles. The van der Waals surface area contributed by atoms with Gasteiger partial charge in [0, 0.05) is 18.8 Å². The molecule has 2 unspecified atom stereocenters. The lowest BCUT2D eigenvalue weighted by Crippen LogP contribution is -2.50. The predicted octanol–water partition coefficient (Wildman–Crippen LogP) is 2.70. The number of likely N-dealkylation sites (tertiary alicyclic amines) is 1. The summed E-state index contributed by atoms with van der Waals surface area (Å²) in [4.78, 5) is 26.3. The fraction of sp³-hybridized carbons (Fsp3) is 0.600. The largest absolute Gasteiger partial charge is 0.369 e. The van der Waals surface area contributed by atoms with Crippen LogP contribution in [0.3, 0.4) is 0 Å². The summed E-state index contributed by atoms with van der Waals surface area (Å²) in [5.41, 5.74) is 7.04. The monoisotopic (exact) mass is 430 g/mol. The third-order valence-electron chi connectivity index (χ3n) is 5.81. The van der Waals surface area contributed by atoms with E-state index in [4.69, 9.17) is 5.73 Å². The summed E-state index contributed by atoms with van der Waals surface area (Å²) in [6, 6.07) is 8.01. The number of halogens is 2. The molecule has 0 bridgehead atoms. The Kier molecular flexibility index (Phi) is 9.70. The lowest BCUT2D eigenvalue weighted by atomic mass is 9.93. The molecule has 2 fully saturated rings. The van der Waals surface area contributed by atoms with Crippen molar-refractivity contribution in [1.29, 1.82) is 0 Å². The van der Waals surface area contributed by atoms with Gasteiger partial charge in [0.05, 0.1) is 11.5 Å². The Hall–Kier alpha value is -1.34. The molecule has 0 spiro atoms. The maximum Gasteiger partial charge on any atom is 0.244 e. The third kappa shape index (κ3) is 5.83. The van der Waals surface area contributed by atoms with Crippen molar-refractivity contribution in [3.63, 3.8) is 0 Å². The number of carbonyl (C=O) groups is 2. The van der Waals surface area contributed by atoms with Crippen LogP contribution in [-0.4, -0.2) is 41.9 Å². The van der Waals surface area contributed by atoms with Crippen molar-refractivity contribution in [2.45, 2.75) is 51.1 Å². The standard InChI is InChI=1S/C20H30N4O2.2ClH/c1-2-20(10-4-11-22-20)19(26)23-17-8-6-15(7-9-17)13-24-12-3-5-16(14-24)18(21)25;;/h6-9,16,22H,2-5,10-14H2,1H3,(H2,21,25)(H,23,26);2*1H. The maximum atomic E-state index is 12.6. The lowest BCUT2D eigenvalue weighted by molar-refractivity contribution is -0.123. The SMILES string of the molecule is CCC1(C(=O)Nc2ccc(CN3CCCC(C(N)=O)C3)cc2)CCCN1.Cl.Cl. The van der Waals surface area contributed by atoms with Crippen LogP contribution in [0.15, 0.2) is 24.3 Å². The predicted molar refractivity (Wildman–Crippen MR) is 117 cm³/mol. The normalized spacial score (nSPS) is 24.7. The summed E-state index contributed by atoms with van der Waals surface area (Å²) in [5, 5.41) is 6.41. The third-order valence-corrected chi connectivity index (χ3v) is 5.81. The fourth-order valence-corrected chi connectivity index (χ4v) is 4.10. The number of nitrogens with two attached hydrogens (primary N) is 1. The van der Waals surface area contributed by atoms with E-state index >= 15 is 0 Å². The van der Waals surface area contributed by atoms with E-state index in [1.54, 1.807) is 0 Å². The first-order valence-corrected chi connectivity index (χ1v) is 9.69. The van der Waals surface area contributed by atoms with Crippen molar-refractivity contribution in [3.05, 3.63) is 29.8 Å². The van der Waals surface area contributed by atoms with E-state index in [1.807, 2.05) is 24.3 Å². The molecule has 3 rings (SSSR count). The lowest BCUT2D eigenvalue weighted by Gasteiger charge is -2.31. The zero-order valence-corrected chi connectivity index (χ0v) is 18.0. The van der Waals surface area contributed by atoms with Crippen molar-refractivity contribution >= 4 is 42.3 Å². The van der Waals surface area contributed by atoms with E-state index in [9.17, 15) is 9.59 Å². The number of nitrogens with zero attached hydrogens (tertiary/aromatic N) is 1. The van der Waals surface area contributed by atoms with E-state index in [0.29, 0.717) is 0 Å². The van der Waals surface area contributed by atoms with E-state index in [-0.39, 0.29) is 42.5 Å². The van der Waals surface area contributed by atoms with Crippen LogP contribution in [0.4, 0.5) is 5.69 Å². The number of primary amides is 1. The molecule has 6 nitrogen and oxygen atoms in total. The molecular weight excluding hydrogens is 399 g/mol. The van der Waals surface area contributed by atoms with Crippen LogP contribution in [0.25, 0.3) is 0 Å². The zero-order chi connectivity index (χ0) is 18.6. The molecule has 2 heterocycles. The Morgan fingerprint density at radius 2 is 1.96 bits per heavy atom. The highest BCUT2D eigenvalue weighted by Gasteiger charge is 2.39. The van der Waals surface area contributed by atoms with Crippen molar-refractivity contribution in [1.82, 2.24) is 10.2 Å². The Morgan fingerprint density at radius 3 is 2.54 bits per heavy atom. The number of anilines is 1. The van der Waals surface area contributed by atoms with Gasteiger partial charge >= 0.3 is 0 Å². The second kappa shape index (κ2) is 11.0. The molecule has 2 amide bonds. The van der Waals surface area contributed by atoms with Crippen molar-refractivity contribution in [2.24, 2.45) is 11.7 Å². The average Bonchev–Trinajstić information content (AvgIpc) is 3.14. The summed E-state index contributed by atoms with van der Waals surface area (Å²) in [7, 11) is 0. The quantitative estimate of drug-likeness (QED) is 0.647. The minimum absolute atomic E-state index is 0. The molecule has 2 aliphatic heterocycles. The Bertz CT molecular complexity index is 648. The van der Waals surface area contributed by atoms with E-state index in [2.05, 4.69) is 22.5 Å². The van der Waals surface area contributed by atoms with Crippen LogP contribution in [0, 0.1) is 5.92 Å². The van der Waals surface area contributed by atoms with Gasteiger partial charge in [-0.05, 0) is 62.9 Å². The van der Waals surface area contributed by atoms with Crippen LogP contribution in [0.1, 0.15) is 44.6 Å². The Balaban J connectivity index is 0.00000196. The Labute approximate surface area is 179 Å². The summed E-state index contributed by atoms with van der Waals surface area (Å²) >= 11 is 0. The zero-order valence-electron chi connectivity index (χ0n) is 16.4. The number of carbonyl (C=O) groups excluding carboxylic acids is 2. The van der Waals surface area contributed by atoms with Gasteiger partial charge in [0.1, 0.15) is 0 Å². The molecule has 8 heteroatoms. The average molecular weight is 431 g/mol. The highest BCUT2D eigenvalue weighted by molar-refractivity contribution is 5.98. The van der Waals surface area contributed by atoms with Gasteiger partial charge in [-0.1, -0.05) is 19.1 Å². The number of nitrogens with one attached hydrogen (secondary N) is 2. The Morgan fingerprint density at radius 1 is 1.25 bits per heavy atom. The molecule has 2 aliphatic rings. The van der Waals surface area contributed by atoms with Gasteiger partial charge in [0.15, 0.2) is 0 Å². The first-order chi connectivity index (χ1) is 12.5. The van der Waals surface area contributed by atoms with Gasteiger partial charge in [-0.15, -0.1) is 24.8 Å². The molecule has 1 aromatic carbocycles. The van der Waals surface area contributed by atoms with Crippen LogP contribution in [0.2, 0.25) is 0 Å². The van der Waals surface area contributed by atoms with Crippen molar-refractivity contribution < 1.29 is 9.59 Å². The number of benzene rings is 1. The van der Waals surface area contributed by atoms with Gasteiger partial charge < -0.3 is 16.4 Å². The first kappa shape index (κ1) is 24.7. The smallest absolute Gasteiger partial charge is 0.244 e. The van der Waals surface area contributed by atoms with Gasteiger partial charge in [0.2, 0.25) is 11.8 Å². The summed E-state index contributed by atoms with van der Waals surface area (Å²) < 4.78 is 0. The van der Waals surface area contributed by atoms with Crippen molar-refractivity contribution in [2.75, 3.05) is 25.0 Å². The summed E-state index contributed by atoms with van der Waals surface area (Å²) in [6.45, 7) is 5.49. The topological polar surface area (TPSA) is 87.5 Å². The van der Waals surface area contributed by atoms with Crippen LogP contribution < -0.4 is 16.4 Å². The number of hydrogen-bond acceptors (Lipinski definition) is 4. The number of amides is 2. The van der Waals surface area contributed by atoms with Crippen LogP contribution in [-0.2, 0) is 16.1 Å². The molecular formula is C20H32Cl2N4O2. The number of piperidine rings is 1. The van der Waals surface area contributed by atoms with E-state index < -0.39 is 5.54 Å². The van der Waals surface area contributed by atoms with Crippen LogP contribution in [0.5, 0.6) is 0 Å².